The monoisotopic (exact) mass is 279 g/mol. The lowest BCUT2D eigenvalue weighted by Gasteiger charge is -2.10. The number of hydrogen-bond donors (Lipinski definition) is 1. The van der Waals surface area contributed by atoms with Gasteiger partial charge in [0.15, 0.2) is 0 Å². The maximum atomic E-state index is 4.72. The minimum absolute atomic E-state index is 0.390. The van der Waals surface area contributed by atoms with Gasteiger partial charge in [-0.15, -0.1) is 0 Å². The number of para-hydroxylation sites is 1. The van der Waals surface area contributed by atoms with Crippen LogP contribution in [-0.2, 0) is 6.54 Å². The lowest BCUT2D eigenvalue weighted by atomic mass is 10.2. The Hall–Kier alpha value is -2.13. The molecule has 1 unspecified atom stereocenters. The second-order valence-corrected chi connectivity index (χ2v) is 5.39. The van der Waals surface area contributed by atoms with Gasteiger partial charge in [0.05, 0.1) is 17.8 Å². The van der Waals surface area contributed by atoms with E-state index in [0.29, 0.717) is 6.04 Å². The summed E-state index contributed by atoms with van der Waals surface area (Å²) in [5.41, 5.74) is 3.47. The van der Waals surface area contributed by atoms with E-state index in [9.17, 15) is 0 Å². The topological polar surface area (TPSA) is 29.9 Å². The first kappa shape index (κ1) is 13.8. The summed E-state index contributed by atoms with van der Waals surface area (Å²) in [5, 5.41) is 4.62. The predicted molar refractivity (Wildman–Crippen MR) is 87.4 cm³/mol. The highest BCUT2D eigenvalue weighted by Crippen LogP contribution is 2.15. The van der Waals surface area contributed by atoms with Crippen molar-refractivity contribution in [3.05, 3.63) is 66.1 Å². The minimum Gasteiger partial charge on any atom is -0.348 e. The predicted octanol–water partition coefficient (Wildman–Crippen LogP) is 3.76. The van der Waals surface area contributed by atoms with Gasteiger partial charge in [0.2, 0.25) is 0 Å². The smallest absolute Gasteiger partial charge is 0.0706 e. The minimum atomic E-state index is 0.390. The molecule has 1 atom stereocenters. The van der Waals surface area contributed by atoms with Crippen LogP contribution in [-0.4, -0.2) is 16.1 Å². The molecule has 0 amide bonds. The zero-order valence-electron chi connectivity index (χ0n) is 12.6. The van der Waals surface area contributed by atoms with E-state index in [-0.39, 0.29) is 0 Å². The molecule has 3 nitrogen and oxygen atoms in total. The lowest BCUT2D eigenvalue weighted by molar-refractivity contribution is 0.596. The largest absolute Gasteiger partial charge is 0.348 e. The normalized spacial score (nSPS) is 12.7. The van der Waals surface area contributed by atoms with Gasteiger partial charge in [-0.3, -0.25) is 4.98 Å². The van der Waals surface area contributed by atoms with E-state index >= 15 is 0 Å². The molecule has 3 rings (SSSR count). The summed E-state index contributed by atoms with van der Waals surface area (Å²) in [6.07, 6.45) is 4.32. The first-order valence-electron chi connectivity index (χ1n) is 7.50. The molecule has 0 bridgehead atoms. The molecular weight excluding hydrogens is 258 g/mol. The van der Waals surface area contributed by atoms with Crippen molar-refractivity contribution in [2.45, 2.75) is 26.4 Å². The van der Waals surface area contributed by atoms with Gasteiger partial charge < -0.3 is 9.88 Å². The highest BCUT2D eigenvalue weighted by Gasteiger charge is 2.06. The van der Waals surface area contributed by atoms with E-state index in [1.54, 1.807) is 0 Å². The Balaban J connectivity index is 1.78. The van der Waals surface area contributed by atoms with Gasteiger partial charge in [0.1, 0.15) is 0 Å². The summed E-state index contributed by atoms with van der Waals surface area (Å²) in [7, 11) is 0. The average Bonchev–Trinajstić information content (AvgIpc) is 2.96. The quantitative estimate of drug-likeness (QED) is 0.770. The molecule has 0 aliphatic rings. The molecule has 2 heterocycles. The van der Waals surface area contributed by atoms with Crippen molar-refractivity contribution in [2.24, 2.45) is 0 Å². The third-order valence-electron chi connectivity index (χ3n) is 3.78. The van der Waals surface area contributed by atoms with Gasteiger partial charge in [0.25, 0.3) is 0 Å². The summed E-state index contributed by atoms with van der Waals surface area (Å²) in [4.78, 5) is 4.72. The Morgan fingerprint density at radius 2 is 2.00 bits per heavy atom. The maximum Gasteiger partial charge on any atom is 0.0706 e. The van der Waals surface area contributed by atoms with Crippen LogP contribution in [0.15, 0.2) is 54.9 Å². The number of fused-ring (bicyclic) bond motifs is 1. The Morgan fingerprint density at radius 1 is 1.14 bits per heavy atom. The van der Waals surface area contributed by atoms with E-state index in [4.69, 9.17) is 4.98 Å². The van der Waals surface area contributed by atoms with Crippen molar-refractivity contribution in [2.75, 3.05) is 6.54 Å². The molecule has 3 heteroatoms. The number of aromatic nitrogens is 2. The Bertz CT molecular complexity index is 730. The molecule has 0 spiro atoms. The average molecular weight is 279 g/mol. The van der Waals surface area contributed by atoms with Crippen LogP contribution in [0, 0.1) is 0 Å². The van der Waals surface area contributed by atoms with E-state index in [1.165, 1.54) is 10.9 Å². The van der Waals surface area contributed by atoms with Crippen LogP contribution in [0.2, 0.25) is 0 Å². The molecule has 2 aromatic heterocycles. The van der Waals surface area contributed by atoms with Crippen LogP contribution in [0.3, 0.4) is 0 Å². The Morgan fingerprint density at radius 3 is 2.86 bits per heavy atom. The van der Waals surface area contributed by atoms with Crippen LogP contribution < -0.4 is 5.32 Å². The number of hydrogen-bond acceptors (Lipinski definition) is 2. The van der Waals surface area contributed by atoms with Crippen molar-refractivity contribution in [1.82, 2.24) is 14.9 Å². The van der Waals surface area contributed by atoms with Gasteiger partial charge in [0, 0.05) is 23.8 Å². The summed E-state index contributed by atoms with van der Waals surface area (Å²) in [5.74, 6) is 0. The number of rotatable bonds is 5. The van der Waals surface area contributed by atoms with Crippen LogP contribution in [0.1, 0.15) is 31.1 Å². The van der Waals surface area contributed by atoms with Crippen LogP contribution in [0.25, 0.3) is 10.9 Å². The van der Waals surface area contributed by atoms with Gasteiger partial charge in [-0.25, -0.2) is 0 Å². The maximum absolute atomic E-state index is 4.72. The van der Waals surface area contributed by atoms with Gasteiger partial charge in [-0.2, -0.15) is 0 Å². The SMILES string of the molecule is CCNC(C)c1ccn(Cc2ccc3ccccc3n2)c1. The second kappa shape index (κ2) is 6.10. The first-order valence-corrected chi connectivity index (χ1v) is 7.50. The summed E-state index contributed by atoms with van der Waals surface area (Å²) >= 11 is 0. The molecule has 3 aromatic rings. The first-order chi connectivity index (χ1) is 10.3. The molecule has 108 valence electrons. The molecule has 1 aromatic carbocycles. The standard InChI is InChI=1S/C18H21N3/c1-3-19-14(2)16-10-11-21(12-16)13-17-9-8-15-6-4-5-7-18(15)20-17/h4-12,14,19H,3,13H2,1-2H3. The van der Waals surface area contributed by atoms with Gasteiger partial charge >= 0.3 is 0 Å². The molecule has 0 fully saturated rings. The van der Waals surface area contributed by atoms with E-state index in [0.717, 1.165) is 24.3 Å². The molecule has 1 N–H and O–H groups in total. The molecular formula is C18H21N3. The summed E-state index contributed by atoms with van der Waals surface area (Å²) in [6, 6.07) is 15.0. The van der Waals surface area contributed by atoms with Crippen molar-refractivity contribution in [3.8, 4) is 0 Å². The zero-order chi connectivity index (χ0) is 14.7. The number of pyridine rings is 1. The molecule has 21 heavy (non-hydrogen) atoms. The summed E-state index contributed by atoms with van der Waals surface area (Å²) < 4.78 is 2.19. The van der Waals surface area contributed by atoms with Crippen LogP contribution >= 0.6 is 0 Å². The van der Waals surface area contributed by atoms with E-state index < -0.39 is 0 Å². The van der Waals surface area contributed by atoms with E-state index in [2.05, 4.69) is 66.5 Å². The Kier molecular flexibility index (Phi) is 4.02. The molecule has 0 aliphatic heterocycles. The van der Waals surface area contributed by atoms with E-state index in [1.807, 2.05) is 12.1 Å². The van der Waals surface area contributed by atoms with Crippen molar-refractivity contribution in [1.29, 1.82) is 0 Å². The molecule has 0 saturated heterocycles. The summed E-state index contributed by atoms with van der Waals surface area (Å²) in [6.45, 7) is 6.12. The fourth-order valence-electron chi connectivity index (χ4n) is 2.62. The molecule has 0 aliphatic carbocycles. The zero-order valence-corrected chi connectivity index (χ0v) is 12.6. The second-order valence-electron chi connectivity index (χ2n) is 5.39. The van der Waals surface area contributed by atoms with Gasteiger partial charge in [-0.05, 0) is 37.2 Å². The fourth-order valence-corrected chi connectivity index (χ4v) is 2.62. The highest BCUT2D eigenvalue weighted by molar-refractivity contribution is 5.78. The fraction of sp³-hybridized carbons (Fsp3) is 0.278. The van der Waals surface area contributed by atoms with Crippen LogP contribution in [0.5, 0.6) is 0 Å². The van der Waals surface area contributed by atoms with Crippen molar-refractivity contribution in [3.63, 3.8) is 0 Å². The third kappa shape index (κ3) is 3.14. The van der Waals surface area contributed by atoms with Crippen molar-refractivity contribution >= 4 is 10.9 Å². The Labute approximate surface area is 125 Å². The lowest BCUT2D eigenvalue weighted by Crippen LogP contribution is -2.17. The molecule has 0 radical (unpaired) electrons. The number of nitrogens with one attached hydrogen (secondary N) is 1. The van der Waals surface area contributed by atoms with Gasteiger partial charge in [-0.1, -0.05) is 31.2 Å². The molecule has 0 saturated carbocycles. The number of nitrogens with zero attached hydrogens (tertiary/aromatic N) is 2. The highest BCUT2D eigenvalue weighted by atomic mass is 15.0. The van der Waals surface area contributed by atoms with Crippen molar-refractivity contribution < 1.29 is 0 Å². The third-order valence-corrected chi connectivity index (χ3v) is 3.78. The number of benzene rings is 1. The van der Waals surface area contributed by atoms with Crippen LogP contribution in [0.4, 0.5) is 0 Å².